The van der Waals surface area contributed by atoms with Gasteiger partial charge in [0.05, 0.1) is 16.8 Å². The average Bonchev–Trinajstić information content (AvgIpc) is 2.87. The van der Waals surface area contributed by atoms with Crippen LogP contribution in [0.1, 0.15) is 31.1 Å². The molecule has 102 valence electrons. The van der Waals surface area contributed by atoms with Crippen molar-refractivity contribution in [2.24, 2.45) is 0 Å². The third-order valence-corrected chi connectivity index (χ3v) is 4.60. The second-order valence-electron chi connectivity index (χ2n) is 4.24. The van der Waals surface area contributed by atoms with E-state index in [9.17, 15) is 0 Å². The van der Waals surface area contributed by atoms with Gasteiger partial charge in [0.25, 0.3) is 0 Å². The van der Waals surface area contributed by atoms with Crippen LogP contribution in [0.2, 0.25) is 5.02 Å². The molecule has 0 fully saturated rings. The van der Waals surface area contributed by atoms with Crippen molar-refractivity contribution in [1.29, 1.82) is 0 Å². The van der Waals surface area contributed by atoms with Crippen LogP contribution in [-0.2, 0) is 6.54 Å². The van der Waals surface area contributed by atoms with Crippen LogP contribution in [-0.4, -0.2) is 16.3 Å². The molecule has 0 bridgehead atoms. The number of hydrogen-bond acceptors (Lipinski definition) is 2. The maximum atomic E-state index is 6.24. The number of rotatable bonds is 5. The molecule has 0 saturated carbocycles. The Morgan fingerprint density at radius 1 is 1.37 bits per heavy atom. The number of hydrogen-bond donors (Lipinski definition) is 1. The summed E-state index contributed by atoms with van der Waals surface area (Å²) >= 11 is 8.48. The van der Waals surface area contributed by atoms with Crippen molar-refractivity contribution in [3.8, 4) is 0 Å². The predicted molar refractivity (Wildman–Crippen MR) is 87.6 cm³/mol. The standard InChI is InChI=1S/C14H17ClIN3/c1-3-17-14(13-7-8-18-19(13)4-2)10-5-6-12(16)11(15)9-10/h5-9,14,17H,3-4H2,1-2H3. The van der Waals surface area contributed by atoms with Crippen molar-refractivity contribution in [3.63, 3.8) is 0 Å². The molecule has 2 aromatic rings. The topological polar surface area (TPSA) is 29.9 Å². The summed E-state index contributed by atoms with van der Waals surface area (Å²) in [5, 5.41) is 8.64. The Labute approximate surface area is 132 Å². The van der Waals surface area contributed by atoms with Crippen LogP contribution in [0.5, 0.6) is 0 Å². The Morgan fingerprint density at radius 3 is 2.79 bits per heavy atom. The molecule has 1 unspecified atom stereocenters. The third-order valence-electron chi connectivity index (χ3n) is 3.03. The van der Waals surface area contributed by atoms with Crippen LogP contribution in [0.4, 0.5) is 0 Å². The Balaban J connectivity index is 2.42. The molecule has 1 atom stereocenters. The van der Waals surface area contributed by atoms with E-state index in [1.165, 1.54) is 11.3 Å². The van der Waals surface area contributed by atoms with Crippen molar-refractivity contribution in [3.05, 3.63) is 50.3 Å². The molecule has 1 heterocycles. The van der Waals surface area contributed by atoms with Gasteiger partial charge in [-0.2, -0.15) is 5.10 Å². The first-order chi connectivity index (χ1) is 9.17. The van der Waals surface area contributed by atoms with E-state index in [2.05, 4.69) is 65.1 Å². The highest BCUT2D eigenvalue weighted by molar-refractivity contribution is 14.1. The number of halogens is 2. The molecule has 0 aliphatic rings. The Hall–Kier alpha value is -0.590. The summed E-state index contributed by atoms with van der Waals surface area (Å²) in [6.45, 7) is 5.96. The number of aromatic nitrogens is 2. The Kier molecular flexibility index (Phi) is 5.24. The molecule has 3 nitrogen and oxygen atoms in total. The lowest BCUT2D eigenvalue weighted by Crippen LogP contribution is -2.24. The van der Waals surface area contributed by atoms with Crippen LogP contribution < -0.4 is 5.32 Å². The predicted octanol–water partition coefficient (Wildman–Crippen LogP) is 3.86. The van der Waals surface area contributed by atoms with E-state index in [0.29, 0.717) is 0 Å². The van der Waals surface area contributed by atoms with E-state index >= 15 is 0 Å². The zero-order valence-corrected chi connectivity index (χ0v) is 13.9. The lowest BCUT2D eigenvalue weighted by atomic mass is 10.0. The minimum atomic E-state index is 0.127. The van der Waals surface area contributed by atoms with Crippen molar-refractivity contribution >= 4 is 34.2 Å². The lowest BCUT2D eigenvalue weighted by Gasteiger charge is -2.20. The van der Waals surface area contributed by atoms with Gasteiger partial charge in [0.1, 0.15) is 0 Å². The fourth-order valence-electron chi connectivity index (χ4n) is 2.14. The maximum absolute atomic E-state index is 6.24. The molecule has 0 aliphatic heterocycles. The van der Waals surface area contributed by atoms with Gasteiger partial charge in [-0.1, -0.05) is 24.6 Å². The van der Waals surface area contributed by atoms with E-state index in [4.69, 9.17) is 11.6 Å². The third kappa shape index (κ3) is 3.30. The second-order valence-corrected chi connectivity index (χ2v) is 5.81. The van der Waals surface area contributed by atoms with Gasteiger partial charge in [0, 0.05) is 16.3 Å². The molecule has 1 N–H and O–H groups in total. The van der Waals surface area contributed by atoms with Crippen LogP contribution in [0.3, 0.4) is 0 Å². The SMILES string of the molecule is CCNC(c1ccc(I)c(Cl)c1)c1ccnn1CC. The fraction of sp³-hybridized carbons (Fsp3) is 0.357. The van der Waals surface area contributed by atoms with E-state index in [0.717, 1.165) is 21.7 Å². The fourth-order valence-corrected chi connectivity index (χ4v) is 2.67. The van der Waals surface area contributed by atoms with Crippen molar-refractivity contribution in [1.82, 2.24) is 15.1 Å². The zero-order chi connectivity index (χ0) is 13.8. The molecular weight excluding hydrogens is 373 g/mol. The van der Waals surface area contributed by atoms with Gasteiger partial charge in [0.2, 0.25) is 0 Å². The molecule has 1 aromatic carbocycles. The van der Waals surface area contributed by atoms with Crippen molar-refractivity contribution < 1.29 is 0 Å². The summed E-state index contributed by atoms with van der Waals surface area (Å²) in [5.41, 5.74) is 2.34. The normalized spacial score (nSPS) is 12.6. The zero-order valence-electron chi connectivity index (χ0n) is 11.0. The highest BCUT2D eigenvalue weighted by Crippen LogP contribution is 2.27. The highest BCUT2D eigenvalue weighted by Gasteiger charge is 2.17. The van der Waals surface area contributed by atoms with Crippen LogP contribution in [0, 0.1) is 3.57 Å². The number of nitrogens with zero attached hydrogens (tertiary/aromatic N) is 2. The maximum Gasteiger partial charge on any atom is 0.0748 e. The average molecular weight is 390 g/mol. The molecule has 0 amide bonds. The quantitative estimate of drug-likeness (QED) is 0.787. The van der Waals surface area contributed by atoms with Crippen molar-refractivity contribution in [2.45, 2.75) is 26.4 Å². The summed E-state index contributed by atoms with van der Waals surface area (Å²) < 4.78 is 3.08. The Bertz CT molecular complexity index is 553. The first-order valence-electron chi connectivity index (χ1n) is 6.37. The molecule has 0 aliphatic carbocycles. The van der Waals surface area contributed by atoms with Gasteiger partial charge >= 0.3 is 0 Å². The minimum absolute atomic E-state index is 0.127. The van der Waals surface area contributed by atoms with E-state index < -0.39 is 0 Å². The van der Waals surface area contributed by atoms with Crippen LogP contribution in [0.25, 0.3) is 0 Å². The minimum Gasteiger partial charge on any atom is -0.305 e. The number of benzene rings is 1. The smallest absolute Gasteiger partial charge is 0.0748 e. The largest absolute Gasteiger partial charge is 0.305 e. The molecule has 0 saturated heterocycles. The molecule has 19 heavy (non-hydrogen) atoms. The van der Waals surface area contributed by atoms with Gasteiger partial charge < -0.3 is 5.32 Å². The van der Waals surface area contributed by atoms with E-state index in [1.54, 1.807) is 0 Å². The first-order valence-corrected chi connectivity index (χ1v) is 7.83. The second kappa shape index (κ2) is 6.72. The molecule has 0 radical (unpaired) electrons. The summed E-state index contributed by atoms with van der Waals surface area (Å²) in [7, 11) is 0. The molecule has 5 heteroatoms. The van der Waals surface area contributed by atoms with E-state index in [-0.39, 0.29) is 6.04 Å². The molecule has 0 spiro atoms. The number of nitrogens with one attached hydrogen (secondary N) is 1. The van der Waals surface area contributed by atoms with Gasteiger partial charge in [-0.15, -0.1) is 0 Å². The summed E-state index contributed by atoms with van der Waals surface area (Å²) in [4.78, 5) is 0. The molecular formula is C14H17ClIN3. The summed E-state index contributed by atoms with van der Waals surface area (Å²) in [6.07, 6.45) is 1.84. The van der Waals surface area contributed by atoms with Gasteiger partial charge in [0.15, 0.2) is 0 Å². The van der Waals surface area contributed by atoms with Gasteiger partial charge in [-0.3, -0.25) is 4.68 Å². The monoisotopic (exact) mass is 389 g/mol. The molecule has 1 aromatic heterocycles. The number of aryl methyl sites for hydroxylation is 1. The van der Waals surface area contributed by atoms with Crippen LogP contribution >= 0.6 is 34.2 Å². The van der Waals surface area contributed by atoms with Gasteiger partial charge in [-0.25, -0.2) is 0 Å². The first kappa shape index (κ1) is 14.8. The van der Waals surface area contributed by atoms with Crippen molar-refractivity contribution in [2.75, 3.05) is 6.54 Å². The summed E-state index contributed by atoms with van der Waals surface area (Å²) in [6, 6.07) is 8.39. The lowest BCUT2D eigenvalue weighted by molar-refractivity contribution is 0.542. The van der Waals surface area contributed by atoms with E-state index in [1.807, 2.05) is 16.9 Å². The summed E-state index contributed by atoms with van der Waals surface area (Å²) in [5.74, 6) is 0. The van der Waals surface area contributed by atoms with Crippen LogP contribution in [0.15, 0.2) is 30.5 Å². The van der Waals surface area contributed by atoms with Gasteiger partial charge in [-0.05, 0) is 59.8 Å². The molecule has 2 rings (SSSR count). The highest BCUT2D eigenvalue weighted by atomic mass is 127. The Morgan fingerprint density at radius 2 is 2.16 bits per heavy atom.